The molecule has 3 heteroatoms. The summed E-state index contributed by atoms with van der Waals surface area (Å²) < 4.78 is 0. The second-order valence-corrected chi connectivity index (χ2v) is 6.47. The Morgan fingerprint density at radius 2 is 2.11 bits per heavy atom. The van der Waals surface area contributed by atoms with Gasteiger partial charge in [0.25, 0.3) is 0 Å². The summed E-state index contributed by atoms with van der Waals surface area (Å²) in [4.78, 5) is 2.68. The summed E-state index contributed by atoms with van der Waals surface area (Å²) in [5, 5.41) is 0.884. The summed E-state index contributed by atoms with van der Waals surface area (Å²) in [6, 6.07) is 7.81. The lowest BCUT2D eigenvalue weighted by Gasteiger charge is -2.41. The highest BCUT2D eigenvalue weighted by Gasteiger charge is 2.39. The Morgan fingerprint density at radius 3 is 2.74 bits per heavy atom. The van der Waals surface area contributed by atoms with Gasteiger partial charge in [-0.25, -0.2) is 0 Å². The largest absolute Gasteiger partial charge is 0.330 e. The van der Waals surface area contributed by atoms with Gasteiger partial charge in [0, 0.05) is 17.1 Å². The molecule has 0 aromatic heterocycles. The first-order valence-corrected chi connectivity index (χ1v) is 7.80. The summed E-state index contributed by atoms with van der Waals surface area (Å²) >= 11 is 6.32. The number of benzene rings is 1. The summed E-state index contributed by atoms with van der Waals surface area (Å²) in [6.45, 7) is 4.06. The van der Waals surface area contributed by atoms with Crippen LogP contribution in [-0.2, 0) is 0 Å². The number of likely N-dealkylation sites (tertiary alicyclic amines) is 1. The second kappa shape index (κ2) is 5.43. The summed E-state index contributed by atoms with van der Waals surface area (Å²) in [5.74, 6) is 0.577. The van der Waals surface area contributed by atoms with Crippen LogP contribution in [0.5, 0.6) is 0 Å². The standard InChI is InChI=1S/C16H23ClN2/c1-11-4-5-12(9-15(11)17)16-13(10-18)3-2-8-19(16)14-6-7-14/h4-5,9,13-14,16H,2-3,6-8,10,18H2,1H3. The molecule has 1 aliphatic heterocycles. The van der Waals surface area contributed by atoms with E-state index in [0.29, 0.717) is 12.0 Å². The third-order valence-corrected chi connectivity index (χ3v) is 5.06. The van der Waals surface area contributed by atoms with Crippen LogP contribution in [0.4, 0.5) is 0 Å². The van der Waals surface area contributed by atoms with Crippen LogP contribution >= 0.6 is 11.6 Å². The number of hydrogen-bond donors (Lipinski definition) is 1. The Hall–Kier alpha value is -0.570. The third kappa shape index (κ3) is 2.67. The molecule has 1 aromatic rings. The normalized spacial score (nSPS) is 28.6. The first kappa shape index (κ1) is 13.4. The van der Waals surface area contributed by atoms with Crippen molar-refractivity contribution in [2.24, 2.45) is 11.7 Å². The quantitative estimate of drug-likeness (QED) is 0.917. The zero-order chi connectivity index (χ0) is 13.4. The molecule has 2 aliphatic rings. The fourth-order valence-electron chi connectivity index (χ4n) is 3.42. The number of rotatable bonds is 3. The highest BCUT2D eigenvalue weighted by atomic mass is 35.5. The maximum atomic E-state index is 6.32. The topological polar surface area (TPSA) is 29.3 Å². The first-order chi connectivity index (χ1) is 9.20. The van der Waals surface area contributed by atoms with Crippen LogP contribution in [0.25, 0.3) is 0 Å². The van der Waals surface area contributed by atoms with E-state index in [2.05, 4.69) is 30.0 Å². The van der Waals surface area contributed by atoms with Crippen LogP contribution in [0.1, 0.15) is 42.9 Å². The molecule has 2 nitrogen and oxygen atoms in total. The first-order valence-electron chi connectivity index (χ1n) is 7.42. The predicted octanol–water partition coefficient (Wildman–Crippen LogP) is 3.52. The van der Waals surface area contributed by atoms with E-state index in [9.17, 15) is 0 Å². The van der Waals surface area contributed by atoms with Gasteiger partial charge in [0.15, 0.2) is 0 Å². The fraction of sp³-hybridized carbons (Fsp3) is 0.625. The van der Waals surface area contributed by atoms with Gasteiger partial charge in [-0.15, -0.1) is 0 Å². The lowest BCUT2D eigenvalue weighted by atomic mass is 9.84. The molecule has 1 saturated heterocycles. The third-order valence-electron chi connectivity index (χ3n) is 4.65. The van der Waals surface area contributed by atoms with Crippen molar-refractivity contribution in [3.05, 3.63) is 34.3 Å². The van der Waals surface area contributed by atoms with Crippen molar-refractivity contribution in [3.63, 3.8) is 0 Å². The molecule has 0 amide bonds. The molecular formula is C16H23ClN2. The highest BCUT2D eigenvalue weighted by molar-refractivity contribution is 6.31. The molecule has 1 aliphatic carbocycles. The molecule has 2 fully saturated rings. The zero-order valence-electron chi connectivity index (χ0n) is 11.6. The summed E-state index contributed by atoms with van der Waals surface area (Å²) in [7, 11) is 0. The minimum absolute atomic E-state index is 0.476. The number of aryl methyl sites for hydroxylation is 1. The van der Waals surface area contributed by atoms with Crippen LogP contribution < -0.4 is 5.73 Å². The van der Waals surface area contributed by atoms with Gasteiger partial charge in [-0.3, -0.25) is 4.90 Å². The lowest BCUT2D eigenvalue weighted by Crippen LogP contribution is -2.42. The Bertz CT molecular complexity index is 456. The van der Waals surface area contributed by atoms with E-state index in [1.165, 1.54) is 37.8 Å². The molecule has 0 radical (unpaired) electrons. The van der Waals surface area contributed by atoms with Crippen LogP contribution in [0.3, 0.4) is 0 Å². The van der Waals surface area contributed by atoms with Crippen LogP contribution in [0.2, 0.25) is 5.02 Å². The van der Waals surface area contributed by atoms with E-state index < -0.39 is 0 Å². The molecule has 0 bridgehead atoms. The smallest absolute Gasteiger partial charge is 0.0438 e. The van der Waals surface area contributed by atoms with Gasteiger partial charge in [0.2, 0.25) is 0 Å². The van der Waals surface area contributed by atoms with Gasteiger partial charge < -0.3 is 5.73 Å². The number of nitrogens with zero attached hydrogens (tertiary/aromatic N) is 1. The van der Waals surface area contributed by atoms with Gasteiger partial charge in [0.1, 0.15) is 0 Å². The summed E-state index contributed by atoms with van der Waals surface area (Å²) in [6.07, 6.45) is 5.24. The van der Waals surface area contributed by atoms with Crippen LogP contribution in [-0.4, -0.2) is 24.0 Å². The molecule has 0 spiro atoms. The van der Waals surface area contributed by atoms with Crippen LogP contribution in [0.15, 0.2) is 18.2 Å². The SMILES string of the molecule is Cc1ccc(C2C(CN)CCCN2C2CC2)cc1Cl. The minimum atomic E-state index is 0.476. The van der Waals surface area contributed by atoms with Gasteiger partial charge in [-0.1, -0.05) is 23.7 Å². The fourth-order valence-corrected chi connectivity index (χ4v) is 3.61. The molecule has 1 aromatic carbocycles. The Labute approximate surface area is 120 Å². The molecule has 2 N–H and O–H groups in total. The Balaban J connectivity index is 1.93. The number of halogens is 1. The minimum Gasteiger partial charge on any atom is -0.330 e. The van der Waals surface area contributed by atoms with Crippen molar-refractivity contribution >= 4 is 11.6 Å². The molecule has 1 heterocycles. The predicted molar refractivity (Wildman–Crippen MR) is 80.4 cm³/mol. The second-order valence-electron chi connectivity index (χ2n) is 6.06. The van der Waals surface area contributed by atoms with Crippen molar-refractivity contribution in [1.29, 1.82) is 0 Å². The maximum Gasteiger partial charge on any atom is 0.0438 e. The number of piperidine rings is 1. The molecular weight excluding hydrogens is 256 g/mol. The van der Waals surface area contributed by atoms with E-state index in [0.717, 1.165) is 23.2 Å². The monoisotopic (exact) mass is 278 g/mol. The van der Waals surface area contributed by atoms with E-state index >= 15 is 0 Å². The lowest BCUT2D eigenvalue weighted by molar-refractivity contribution is 0.0880. The highest BCUT2D eigenvalue weighted by Crippen LogP contribution is 2.43. The average molecular weight is 279 g/mol. The molecule has 1 saturated carbocycles. The van der Waals surface area contributed by atoms with Gasteiger partial charge in [-0.2, -0.15) is 0 Å². The van der Waals surface area contributed by atoms with Crippen molar-refractivity contribution < 1.29 is 0 Å². The maximum absolute atomic E-state index is 6.32. The van der Waals surface area contributed by atoms with Gasteiger partial charge in [-0.05, 0) is 68.8 Å². The van der Waals surface area contributed by atoms with Crippen LogP contribution in [0, 0.1) is 12.8 Å². The van der Waals surface area contributed by atoms with E-state index in [-0.39, 0.29) is 0 Å². The van der Waals surface area contributed by atoms with Crippen molar-refractivity contribution in [2.75, 3.05) is 13.1 Å². The summed E-state index contributed by atoms with van der Waals surface area (Å²) in [5.41, 5.74) is 8.54. The number of nitrogens with two attached hydrogens (primary N) is 1. The van der Waals surface area contributed by atoms with Crippen molar-refractivity contribution in [3.8, 4) is 0 Å². The molecule has 2 atom stereocenters. The number of hydrogen-bond acceptors (Lipinski definition) is 2. The van der Waals surface area contributed by atoms with Crippen molar-refractivity contribution in [1.82, 2.24) is 4.90 Å². The van der Waals surface area contributed by atoms with E-state index in [4.69, 9.17) is 17.3 Å². The molecule has 19 heavy (non-hydrogen) atoms. The van der Waals surface area contributed by atoms with E-state index in [1.54, 1.807) is 0 Å². The van der Waals surface area contributed by atoms with E-state index in [1.807, 2.05) is 0 Å². The zero-order valence-corrected chi connectivity index (χ0v) is 12.4. The average Bonchev–Trinajstić information content (AvgIpc) is 3.25. The van der Waals surface area contributed by atoms with Crippen molar-refractivity contribution in [2.45, 2.75) is 44.7 Å². The Kier molecular flexibility index (Phi) is 3.84. The molecule has 2 unspecified atom stereocenters. The Morgan fingerprint density at radius 1 is 1.32 bits per heavy atom. The van der Waals surface area contributed by atoms with Gasteiger partial charge >= 0.3 is 0 Å². The molecule has 104 valence electrons. The molecule has 3 rings (SSSR count). The van der Waals surface area contributed by atoms with Gasteiger partial charge in [0.05, 0.1) is 0 Å².